The van der Waals surface area contributed by atoms with E-state index >= 15 is 0 Å². The van der Waals surface area contributed by atoms with Crippen LogP contribution in [0.15, 0.2) is 57.5 Å². The number of hydrogen-bond acceptors (Lipinski definition) is 5. The molecule has 3 rings (SSSR count). The van der Waals surface area contributed by atoms with Crippen molar-refractivity contribution in [3.05, 3.63) is 69.6 Å². The van der Waals surface area contributed by atoms with Crippen molar-refractivity contribution in [2.45, 2.75) is 20.3 Å². The summed E-state index contributed by atoms with van der Waals surface area (Å²) >= 11 is 0. The van der Waals surface area contributed by atoms with Gasteiger partial charge in [0.15, 0.2) is 0 Å². The van der Waals surface area contributed by atoms with Crippen molar-refractivity contribution < 1.29 is 13.9 Å². The lowest BCUT2D eigenvalue weighted by molar-refractivity contribution is 0.389. The van der Waals surface area contributed by atoms with Crippen molar-refractivity contribution in [3.63, 3.8) is 0 Å². The zero-order valence-corrected chi connectivity index (χ0v) is 16.3. The van der Waals surface area contributed by atoms with Gasteiger partial charge in [0.25, 0.3) is 0 Å². The minimum absolute atomic E-state index is 0.191. The normalized spacial score (nSPS) is 10.4. The number of hydrogen-bond donors (Lipinski definition) is 0. The zero-order valence-electron chi connectivity index (χ0n) is 16.3. The van der Waals surface area contributed by atoms with Crippen LogP contribution in [0, 0.1) is 11.3 Å². The minimum Gasteiger partial charge on any atom is -0.496 e. The molecule has 5 nitrogen and oxygen atoms in total. The third kappa shape index (κ3) is 3.49. The predicted octanol–water partition coefficient (Wildman–Crippen LogP) is 4.86. The fourth-order valence-electron chi connectivity index (χ4n) is 3.10. The molecule has 0 N–H and O–H groups in total. The number of ether oxygens (including phenoxy) is 2. The SMILES string of the molecule is COc1cc2occ(-c3ccc(C#N)cc3)c(=O)c2c(OC)c1CC=C(C)C. The van der Waals surface area contributed by atoms with Crippen molar-refractivity contribution in [2.75, 3.05) is 14.2 Å². The van der Waals surface area contributed by atoms with Gasteiger partial charge in [0.2, 0.25) is 5.43 Å². The van der Waals surface area contributed by atoms with Crippen molar-refractivity contribution in [2.24, 2.45) is 0 Å². The molecule has 0 fully saturated rings. The standard InChI is InChI=1S/C23H21NO4/c1-14(2)5-10-17-19(26-3)11-20-21(23(17)27-4)22(25)18(13-28-20)16-8-6-15(12-24)7-9-16/h5-9,11,13H,10H2,1-4H3. The minimum atomic E-state index is -0.191. The summed E-state index contributed by atoms with van der Waals surface area (Å²) in [6, 6.07) is 10.6. The maximum absolute atomic E-state index is 13.3. The fourth-order valence-corrected chi connectivity index (χ4v) is 3.10. The second kappa shape index (κ2) is 8.01. The Balaban J connectivity index is 2.29. The summed E-state index contributed by atoms with van der Waals surface area (Å²) in [7, 11) is 3.11. The number of rotatable bonds is 5. The molecule has 0 saturated heterocycles. The molecule has 0 aliphatic heterocycles. The lowest BCUT2D eigenvalue weighted by Gasteiger charge is -2.15. The summed E-state index contributed by atoms with van der Waals surface area (Å²) < 4.78 is 16.9. The number of methoxy groups -OCH3 is 2. The summed E-state index contributed by atoms with van der Waals surface area (Å²) in [5, 5.41) is 9.35. The van der Waals surface area contributed by atoms with Gasteiger partial charge in [0.1, 0.15) is 28.7 Å². The second-order valence-corrected chi connectivity index (χ2v) is 6.62. The summed E-state index contributed by atoms with van der Waals surface area (Å²) in [5.41, 5.74) is 3.78. The number of benzene rings is 2. The average molecular weight is 375 g/mol. The Bertz CT molecular complexity index is 1140. The summed E-state index contributed by atoms with van der Waals surface area (Å²) in [6.07, 6.45) is 4.06. The zero-order chi connectivity index (χ0) is 20.3. The number of nitriles is 1. The Morgan fingerprint density at radius 1 is 1.18 bits per heavy atom. The van der Waals surface area contributed by atoms with Gasteiger partial charge in [-0.3, -0.25) is 4.79 Å². The van der Waals surface area contributed by atoms with Crippen LogP contribution in [0.2, 0.25) is 0 Å². The van der Waals surface area contributed by atoms with Gasteiger partial charge in [0, 0.05) is 11.6 Å². The van der Waals surface area contributed by atoms with E-state index in [1.807, 2.05) is 13.8 Å². The molecule has 1 heterocycles. The van der Waals surface area contributed by atoms with Crippen molar-refractivity contribution in [3.8, 4) is 28.7 Å². The largest absolute Gasteiger partial charge is 0.496 e. The molecule has 0 radical (unpaired) electrons. The van der Waals surface area contributed by atoms with Gasteiger partial charge in [-0.1, -0.05) is 23.8 Å². The van der Waals surface area contributed by atoms with Gasteiger partial charge in [-0.15, -0.1) is 0 Å². The van der Waals surface area contributed by atoms with Crippen molar-refractivity contribution in [1.82, 2.24) is 0 Å². The van der Waals surface area contributed by atoms with E-state index in [9.17, 15) is 4.79 Å². The van der Waals surface area contributed by atoms with Crippen LogP contribution in [0.3, 0.4) is 0 Å². The highest BCUT2D eigenvalue weighted by Gasteiger charge is 2.20. The van der Waals surface area contributed by atoms with Gasteiger partial charge in [-0.2, -0.15) is 5.26 Å². The lowest BCUT2D eigenvalue weighted by atomic mass is 10.00. The van der Waals surface area contributed by atoms with E-state index in [2.05, 4.69) is 12.1 Å². The van der Waals surface area contributed by atoms with Crippen LogP contribution in [0.1, 0.15) is 25.0 Å². The number of fused-ring (bicyclic) bond motifs is 1. The molecule has 5 heteroatoms. The van der Waals surface area contributed by atoms with Gasteiger partial charge in [-0.05, 0) is 38.0 Å². The maximum atomic E-state index is 13.3. The van der Waals surface area contributed by atoms with Crippen LogP contribution in [-0.2, 0) is 6.42 Å². The van der Waals surface area contributed by atoms with Crippen LogP contribution in [-0.4, -0.2) is 14.2 Å². The quantitative estimate of drug-likeness (QED) is 0.596. The molecule has 0 spiro atoms. The summed E-state index contributed by atoms with van der Waals surface area (Å²) in [6.45, 7) is 4.02. The fraction of sp³-hybridized carbons (Fsp3) is 0.217. The van der Waals surface area contributed by atoms with Crippen LogP contribution in [0.4, 0.5) is 0 Å². The van der Waals surface area contributed by atoms with Crippen molar-refractivity contribution >= 4 is 11.0 Å². The van der Waals surface area contributed by atoms with Gasteiger partial charge in [0.05, 0.1) is 31.4 Å². The van der Waals surface area contributed by atoms with Gasteiger partial charge in [-0.25, -0.2) is 0 Å². The summed E-state index contributed by atoms with van der Waals surface area (Å²) in [4.78, 5) is 13.3. The predicted molar refractivity (Wildman–Crippen MR) is 109 cm³/mol. The third-order valence-corrected chi connectivity index (χ3v) is 4.55. The van der Waals surface area contributed by atoms with Gasteiger partial charge < -0.3 is 13.9 Å². The van der Waals surface area contributed by atoms with E-state index in [1.54, 1.807) is 37.4 Å². The topological polar surface area (TPSA) is 72.5 Å². The van der Waals surface area contributed by atoms with E-state index in [0.29, 0.717) is 45.6 Å². The number of allylic oxidation sites excluding steroid dienone is 2. The molecule has 142 valence electrons. The molecule has 0 bridgehead atoms. The van der Waals surface area contributed by atoms with Crippen LogP contribution in [0.5, 0.6) is 11.5 Å². The Morgan fingerprint density at radius 2 is 1.89 bits per heavy atom. The van der Waals surface area contributed by atoms with Crippen LogP contribution >= 0.6 is 0 Å². The third-order valence-electron chi connectivity index (χ3n) is 4.55. The molecule has 3 aromatic rings. The Labute approximate surface area is 163 Å². The lowest BCUT2D eigenvalue weighted by Crippen LogP contribution is -2.09. The van der Waals surface area contributed by atoms with E-state index in [1.165, 1.54) is 13.4 Å². The highest BCUT2D eigenvalue weighted by Crippen LogP contribution is 2.37. The Kier molecular flexibility index (Phi) is 5.51. The van der Waals surface area contributed by atoms with Gasteiger partial charge >= 0.3 is 0 Å². The first kappa shape index (κ1) is 19.2. The molecule has 28 heavy (non-hydrogen) atoms. The van der Waals surface area contributed by atoms with E-state index < -0.39 is 0 Å². The monoisotopic (exact) mass is 375 g/mol. The Morgan fingerprint density at radius 3 is 2.46 bits per heavy atom. The molecule has 0 saturated carbocycles. The smallest absolute Gasteiger partial charge is 0.204 e. The number of nitrogens with zero attached hydrogens (tertiary/aromatic N) is 1. The molecule has 0 aliphatic rings. The Hall–Kier alpha value is -3.52. The molecule has 0 amide bonds. The van der Waals surface area contributed by atoms with E-state index in [4.69, 9.17) is 19.2 Å². The van der Waals surface area contributed by atoms with Crippen molar-refractivity contribution in [1.29, 1.82) is 5.26 Å². The summed E-state index contributed by atoms with van der Waals surface area (Å²) in [5.74, 6) is 1.06. The molecule has 2 aromatic carbocycles. The molecule has 0 unspecified atom stereocenters. The molecular formula is C23H21NO4. The van der Waals surface area contributed by atoms with E-state index in [-0.39, 0.29) is 5.43 Å². The first-order valence-electron chi connectivity index (χ1n) is 8.83. The highest BCUT2D eigenvalue weighted by molar-refractivity contribution is 5.90. The maximum Gasteiger partial charge on any atom is 0.204 e. The second-order valence-electron chi connectivity index (χ2n) is 6.62. The first-order valence-corrected chi connectivity index (χ1v) is 8.83. The molecular weight excluding hydrogens is 354 g/mol. The molecule has 0 aliphatic carbocycles. The molecule has 1 aromatic heterocycles. The van der Waals surface area contributed by atoms with E-state index in [0.717, 1.165) is 11.1 Å². The van der Waals surface area contributed by atoms with Crippen LogP contribution < -0.4 is 14.9 Å². The highest BCUT2D eigenvalue weighted by atomic mass is 16.5. The first-order chi connectivity index (χ1) is 13.5. The molecule has 0 atom stereocenters. The average Bonchev–Trinajstić information content (AvgIpc) is 2.71. The van der Waals surface area contributed by atoms with Crippen LogP contribution in [0.25, 0.3) is 22.1 Å².